The molecule has 9 heterocycles. The molecule has 2 aromatic carbocycles. The van der Waals surface area contributed by atoms with Crippen molar-refractivity contribution in [2.45, 2.75) is 120 Å². The lowest BCUT2D eigenvalue weighted by atomic mass is 10.0. The minimum Gasteiger partial charge on any atom is -0.387 e. The number of carbonyl (C=O) groups excluding carboxylic acids is 7. The number of carbonyl (C=O) groups is 7. The van der Waals surface area contributed by atoms with Gasteiger partial charge in [-0.1, -0.05) is 80.7 Å². The number of aliphatic hydroxyl groups is 2. The third kappa shape index (κ3) is 17.3. The SMILES string of the molecule is CC(C)[C@H](NC(=O)CNC(=O)CNC(=O)CCC(=O)N1Cc2ccccc2/C=C\c2ccccc21)C(=O)N[C@@H](CCCNC(N)=O)C(=O)NCCNc1nc(N)c2ncn([C@@H]3O[C@@H]4COP(O)(=S)O[C@H]5[C@@H](O)[C@H](n6cc7c8c(ncnc86)NCCC7)O[C@@H]5COP(=O)(S)O[C@@H]3[C@@H]4O)c2n1. The molecule has 12 atom stereocenters. The van der Waals surface area contributed by atoms with Crippen LogP contribution < -0.4 is 58.9 Å². The number of imidazole rings is 1. The monoisotopic (exact) mass is 1450 g/mol. The maximum Gasteiger partial charge on any atom is 0.386 e. The molecule has 530 valence electrons. The Morgan fingerprint density at radius 1 is 0.778 bits per heavy atom. The molecule has 99 heavy (non-hydrogen) atoms. The number of amides is 8. The average molecular weight is 1450 g/mol. The number of ether oxygens (including phenoxy) is 2. The second kappa shape index (κ2) is 31.5. The lowest BCUT2D eigenvalue weighted by Gasteiger charge is -2.27. The number of urea groups is 1. The van der Waals surface area contributed by atoms with E-state index in [4.69, 9.17) is 50.8 Å². The van der Waals surface area contributed by atoms with E-state index in [-0.39, 0.29) is 80.7 Å². The van der Waals surface area contributed by atoms with Gasteiger partial charge >= 0.3 is 19.5 Å². The van der Waals surface area contributed by atoms with Crippen LogP contribution in [0.15, 0.2) is 67.4 Å². The first kappa shape index (κ1) is 72.0. The molecule has 39 heteroatoms. The topological polar surface area (TPSA) is 478 Å². The molecule has 0 saturated carbocycles. The number of aromatic nitrogens is 7. The number of aliphatic hydroxyl groups excluding tert-OH is 2. The summed E-state index contributed by atoms with van der Waals surface area (Å²) in [6, 6.07) is 11.9. The van der Waals surface area contributed by atoms with E-state index in [1.807, 2.05) is 60.7 Å². The third-order valence-corrected chi connectivity index (χ3v) is 20.1. The van der Waals surface area contributed by atoms with Crippen LogP contribution in [0.5, 0.6) is 0 Å². The molecular formula is C60H76N18O17P2S2. The molecule has 15 N–H and O–H groups in total. The van der Waals surface area contributed by atoms with Crippen molar-refractivity contribution in [2.75, 3.05) is 73.7 Å². The van der Waals surface area contributed by atoms with Crippen LogP contribution in [0.25, 0.3) is 34.3 Å². The van der Waals surface area contributed by atoms with E-state index in [1.165, 1.54) is 17.2 Å². The number of hydrogen-bond donors (Lipinski definition) is 14. The first-order chi connectivity index (χ1) is 47.4. The summed E-state index contributed by atoms with van der Waals surface area (Å²) in [5.41, 5.74) is 16.5. The van der Waals surface area contributed by atoms with E-state index in [9.17, 15) is 53.2 Å². The Labute approximate surface area is 575 Å². The van der Waals surface area contributed by atoms with Crippen LogP contribution in [0.3, 0.4) is 0 Å². The summed E-state index contributed by atoms with van der Waals surface area (Å²) in [6.45, 7) is -6.99. The molecule has 11 rings (SSSR count). The molecule has 2 bridgehead atoms. The largest absolute Gasteiger partial charge is 0.387 e. The molecule has 0 aliphatic carbocycles. The zero-order valence-electron chi connectivity index (χ0n) is 53.5. The third-order valence-electron chi connectivity index (χ3n) is 16.9. The van der Waals surface area contributed by atoms with Crippen molar-refractivity contribution >= 4 is 137 Å². The summed E-state index contributed by atoms with van der Waals surface area (Å²) in [7, 11) is 0. The molecule has 4 aromatic heterocycles. The van der Waals surface area contributed by atoms with Crippen LogP contribution in [-0.4, -0.2) is 192 Å². The molecule has 3 fully saturated rings. The summed E-state index contributed by atoms with van der Waals surface area (Å²) in [6.07, 6.45) is -1.80. The van der Waals surface area contributed by atoms with Crippen LogP contribution in [0.4, 0.5) is 28.1 Å². The van der Waals surface area contributed by atoms with Gasteiger partial charge in [0, 0.05) is 45.2 Å². The highest BCUT2D eigenvalue weighted by Gasteiger charge is 2.53. The van der Waals surface area contributed by atoms with Gasteiger partial charge < -0.3 is 92.6 Å². The predicted octanol–water partition coefficient (Wildman–Crippen LogP) is 1.13. The predicted molar refractivity (Wildman–Crippen MR) is 364 cm³/mol. The number of benzene rings is 2. The summed E-state index contributed by atoms with van der Waals surface area (Å²) in [4.78, 5) is 127. The van der Waals surface area contributed by atoms with Gasteiger partial charge in [0.2, 0.25) is 41.4 Å². The van der Waals surface area contributed by atoms with Crippen LogP contribution in [0.2, 0.25) is 0 Å². The number of rotatable bonds is 22. The van der Waals surface area contributed by atoms with Gasteiger partial charge in [0.1, 0.15) is 72.0 Å². The van der Waals surface area contributed by atoms with E-state index in [0.29, 0.717) is 30.1 Å². The van der Waals surface area contributed by atoms with Gasteiger partial charge in [-0.15, -0.1) is 0 Å². The van der Waals surface area contributed by atoms with Crippen molar-refractivity contribution in [3.63, 3.8) is 0 Å². The van der Waals surface area contributed by atoms with Gasteiger partial charge in [0.05, 0.1) is 50.2 Å². The average Bonchev–Trinajstić information content (AvgIpc) is 1.60. The molecule has 0 spiro atoms. The molecule has 2 unspecified atom stereocenters. The highest BCUT2D eigenvalue weighted by atomic mass is 32.7. The number of hydrogen-bond acceptors (Lipinski definition) is 25. The molecular weight excluding hydrogens is 1370 g/mol. The van der Waals surface area contributed by atoms with Gasteiger partial charge in [0.15, 0.2) is 23.9 Å². The zero-order chi connectivity index (χ0) is 70.3. The smallest absolute Gasteiger partial charge is 0.386 e. The Balaban J connectivity index is 0.674. The van der Waals surface area contributed by atoms with Crippen molar-refractivity contribution in [3.05, 3.63) is 89.6 Å². The van der Waals surface area contributed by atoms with Gasteiger partial charge in [-0.2, -0.15) is 9.97 Å². The highest BCUT2D eigenvalue weighted by molar-refractivity contribution is 8.44. The quantitative estimate of drug-likeness (QED) is 0.0257. The maximum atomic E-state index is 14.2. The molecule has 35 nitrogen and oxygen atoms in total. The molecule has 6 aromatic rings. The highest BCUT2D eigenvalue weighted by Crippen LogP contribution is 2.58. The fourth-order valence-corrected chi connectivity index (χ4v) is 14.9. The minimum atomic E-state index is -4.54. The number of para-hydroxylation sites is 1. The lowest BCUT2D eigenvalue weighted by molar-refractivity contribution is -0.133. The van der Waals surface area contributed by atoms with Gasteiger partial charge in [-0.3, -0.25) is 46.9 Å². The molecule has 5 aliphatic rings. The van der Waals surface area contributed by atoms with Gasteiger partial charge in [-0.25, -0.2) is 24.3 Å². The Morgan fingerprint density at radius 2 is 1.52 bits per heavy atom. The summed E-state index contributed by atoms with van der Waals surface area (Å²) in [5.74, 6) is -3.89. The van der Waals surface area contributed by atoms with E-state index in [2.05, 4.69) is 79.7 Å². The van der Waals surface area contributed by atoms with E-state index < -0.39 is 142 Å². The number of anilines is 4. The van der Waals surface area contributed by atoms with Crippen molar-refractivity contribution < 1.29 is 80.8 Å². The fraction of sp³-hybridized carbons (Fsp3) is 0.467. The second-order valence-electron chi connectivity index (χ2n) is 24.2. The molecule has 8 amide bonds. The standard InChI is InChI=1S/C60H76N18O17P2S2/c1-31(2)45(73-42(81)24-68-41(80)23-67-40(79)17-18-43(82)76-25-34-11-4-3-9-32(34)15-16-33-10-5-6-14-37(33)76)56(86)72-36(13-8-20-65-59(62)87)55(85)64-21-22-66-60-74-51(61)46-54(75-60)78(30-71-46)58-50-47(83)38(92-58)27-90-96(88,98)94-49-39(28-91-97(89,99)95-50)93-57(48(49)84)77-26-35-12-7-19-63-52-44(35)53(77)70-29-69-52/h3-6,9-11,14-16,26,29-31,36,38-39,45,47-50,57-58,83-84H,7-8,12-13,17-25,27-28H2,1-2H3,(H,64,85)(H,67,79)(H,68,80)(H,72,86)(H,73,81)(H,88,98)(H,89,99)(H3,62,65,87)(H,63,69,70)(H3,61,66,74,75)/b16-15-/t36-,38+,39+,45-,47+,48+,49+,50+,57+,58+,96?,97?/m0/s1. The number of nitrogens with two attached hydrogens (primary N) is 2. The summed E-state index contributed by atoms with van der Waals surface area (Å²) in [5, 5.41) is 45.8. The number of aryl methyl sites for hydroxylation is 1. The molecule has 0 radical (unpaired) electrons. The fourth-order valence-electron chi connectivity index (χ4n) is 12.0. The van der Waals surface area contributed by atoms with Gasteiger partial charge in [0.25, 0.3) is 0 Å². The van der Waals surface area contributed by atoms with Crippen LogP contribution in [0, 0.1) is 5.92 Å². The Kier molecular flexibility index (Phi) is 22.9. The van der Waals surface area contributed by atoms with Crippen molar-refractivity contribution in [1.29, 1.82) is 0 Å². The summed E-state index contributed by atoms with van der Waals surface area (Å²) < 4.78 is 53.1. The number of nitrogen functional groups attached to an aromatic ring is 1. The zero-order valence-corrected chi connectivity index (χ0v) is 57.0. The van der Waals surface area contributed by atoms with Gasteiger partial charge in [-0.05, 0) is 71.7 Å². The number of primary amides is 1. The second-order valence-corrected chi connectivity index (χ2v) is 29.8. The first-order valence-corrected chi connectivity index (χ1v) is 37.1. The van der Waals surface area contributed by atoms with Crippen molar-refractivity contribution in [3.8, 4) is 0 Å². The molecule has 3 saturated heterocycles. The normalized spacial score (nSPS) is 25.2. The van der Waals surface area contributed by atoms with Crippen LogP contribution in [-0.2, 0) is 85.7 Å². The van der Waals surface area contributed by atoms with E-state index in [1.54, 1.807) is 29.5 Å². The number of nitrogens with one attached hydrogen (secondary N) is 8. The number of thiol groups is 1. The summed E-state index contributed by atoms with van der Waals surface area (Å²) >= 11 is 9.69. The number of fused-ring (bicyclic) bond motifs is 6. The van der Waals surface area contributed by atoms with E-state index in [0.717, 1.165) is 34.1 Å². The lowest BCUT2D eigenvalue weighted by Crippen LogP contribution is -2.56. The van der Waals surface area contributed by atoms with Crippen LogP contribution >= 0.6 is 25.8 Å². The number of nitrogens with zero attached hydrogens (tertiary/aromatic N) is 8. The van der Waals surface area contributed by atoms with E-state index >= 15 is 0 Å². The Bertz CT molecular complexity index is 4170. The van der Waals surface area contributed by atoms with Crippen LogP contribution in [0.1, 0.15) is 80.7 Å². The Hall–Kier alpha value is -8.29. The van der Waals surface area contributed by atoms with Crippen molar-refractivity contribution in [1.82, 2.24) is 66.0 Å². The Morgan fingerprint density at radius 3 is 2.31 bits per heavy atom. The first-order valence-electron chi connectivity index (χ1n) is 31.8. The molecule has 5 aliphatic heterocycles. The minimum absolute atomic E-state index is 0.00473. The van der Waals surface area contributed by atoms with Crippen molar-refractivity contribution in [2.24, 2.45) is 11.7 Å². The maximum absolute atomic E-state index is 14.2.